The van der Waals surface area contributed by atoms with Crippen molar-refractivity contribution in [2.24, 2.45) is 23.7 Å². The Morgan fingerprint density at radius 3 is 2.70 bits per heavy atom. The summed E-state index contributed by atoms with van der Waals surface area (Å²) in [7, 11) is 1.64. The number of likely N-dealkylation sites (tertiary alicyclic amines) is 1. The molecule has 3 fully saturated rings. The summed E-state index contributed by atoms with van der Waals surface area (Å²) >= 11 is 0. The van der Waals surface area contributed by atoms with Crippen molar-refractivity contribution in [2.75, 3.05) is 20.2 Å². The third-order valence-electron chi connectivity index (χ3n) is 6.40. The molecule has 23 heavy (non-hydrogen) atoms. The molecule has 5 nitrogen and oxygen atoms in total. The van der Waals surface area contributed by atoms with Gasteiger partial charge in [0.05, 0.1) is 12.6 Å². The Kier molecular flexibility index (Phi) is 2.75. The molecule has 2 saturated carbocycles. The lowest BCUT2D eigenvalue weighted by atomic mass is 9.82. The van der Waals surface area contributed by atoms with Crippen molar-refractivity contribution < 1.29 is 9.53 Å². The van der Waals surface area contributed by atoms with Gasteiger partial charge in [-0.05, 0) is 61.1 Å². The quantitative estimate of drug-likeness (QED) is 0.927. The molecule has 2 aliphatic carbocycles. The average molecular weight is 311 g/mol. The van der Waals surface area contributed by atoms with E-state index in [1.54, 1.807) is 7.11 Å². The van der Waals surface area contributed by atoms with Crippen LogP contribution in [0.5, 0.6) is 5.75 Å². The molecule has 5 heteroatoms. The Morgan fingerprint density at radius 1 is 1.26 bits per heavy atom. The highest BCUT2D eigenvalue weighted by molar-refractivity contribution is 6.05. The number of H-pyrrole nitrogens is 1. The van der Waals surface area contributed by atoms with E-state index < -0.39 is 0 Å². The topological polar surface area (TPSA) is 58.2 Å². The van der Waals surface area contributed by atoms with E-state index in [0.29, 0.717) is 5.69 Å². The fourth-order valence-corrected chi connectivity index (χ4v) is 5.28. The SMILES string of the molecule is COc1ccc2[nH]nc(C(=O)N3C[C@@H]4[C@@H]5CC[C@@H](C5)[C@@H]4C3)c2c1. The minimum absolute atomic E-state index is 0.0679. The smallest absolute Gasteiger partial charge is 0.275 e. The first-order chi connectivity index (χ1) is 11.2. The monoisotopic (exact) mass is 311 g/mol. The molecule has 0 spiro atoms. The Hall–Kier alpha value is -2.04. The molecule has 120 valence electrons. The molecule has 0 unspecified atom stereocenters. The van der Waals surface area contributed by atoms with Crippen molar-refractivity contribution in [3.05, 3.63) is 23.9 Å². The first-order valence-corrected chi connectivity index (χ1v) is 8.56. The highest BCUT2D eigenvalue weighted by Gasteiger charge is 2.52. The van der Waals surface area contributed by atoms with Gasteiger partial charge in [0, 0.05) is 18.5 Å². The first-order valence-electron chi connectivity index (χ1n) is 8.56. The molecule has 1 saturated heterocycles. The standard InChI is InChI=1S/C18H21N3O2/c1-23-12-4-5-16-13(7-12)17(20-19-16)18(22)21-8-14-10-2-3-11(6-10)15(14)9-21/h4-5,7,10-11,14-15H,2-3,6,8-9H2,1H3,(H,19,20)/t10-,11+,14-,15+. The van der Waals surface area contributed by atoms with Crippen LogP contribution in [0.4, 0.5) is 0 Å². The highest BCUT2D eigenvalue weighted by atomic mass is 16.5. The van der Waals surface area contributed by atoms with E-state index >= 15 is 0 Å². The van der Waals surface area contributed by atoms with Gasteiger partial charge in [0.15, 0.2) is 5.69 Å². The molecule has 1 aromatic carbocycles. The predicted octanol–water partition coefficient (Wildman–Crippen LogP) is 2.69. The third kappa shape index (κ3) is 1.85. The van der Waals surface area contributed by atoms with Crippen molar-refractivity contribution >= 4 is 16.8 Å². The maximum Gasteiger partial charge on any atom is 0.275 e. The number of carbonyl (C=O) groups is 1. The fourth-order valence-electron chi connectivity index (χ4n) is 5.28. The number of nitrogens with zero attached hydrogens (tertiary/aromatic N) is 2. The molecule has 2 heterocycles. The van der Waals surface area contributed by atoms with E-state index in [4.69, 9.17) is 4.74 Å². The number of amides is 1. The normalized spacial score (nSPS) is 31.8. The van der Waals surface area contributed by atoms with Gasteiger partial charge in [0.2, 0.25) is 0 Å². The summed E-state index contributed by atoms with van der Waals surface area (Å²) in [6, 6.07) is 5.69. The molecular formula is C18H21N3O2. The van der Waals surface area contributed by atoms with Crippen molar-refractivity contribution in [2.45, 2.75) is 19.3 Å². The number of ether oxygens (including phenoxy) is 1. The van der Waals surface area contributed by atoms with Gasteiger partial charge >= 0.3 is 0 Å². The number of aromatic nitrogens is 2. The van der Waals surface area contributed by atoms with Crippen LogP contribution in [0.25, 0.3) is 10.9 Å². The summed E-state index contributed by atoms with van der Waals surface area (Å²) in [6.07, 6.45) is 4.15. The second kappa shape index (κ2) is 4.73. The van der Waals surface area contributed by atoms with Crippen molar-refractivity contribution in [1.82, 2.24) is 15.1 Å². The van der Waals surface area contributed by atoms with Crippen LogP contribution >= 0.6 is 0 Å². The number of hydrogen-bond acceptors (Lipinski definition) is 3. The predicted molar refractivity (Wildman–Crippen MR) is 86.4 cm³/mol. The zero-order chi connectivity index (χ0) is 15.6. The molecule has 5 rings (SSSR count). The molecule has 2 bridgehead atoms. The number of rotatable bonds is 2. The van der Waals surface area contributed by atoms with E-state index in [1.807, 2.05) is 23.1 Å². The summed E-state index contributed by atoms with van der Waals surface area (Å²) < 4.78 is 5.28. The van der Waals surface area contributed by atoms with Crippen molar-refractivity contribution in [3.63, 3.8) is 0 Å². The minimum atomic E-state index is 0.0679. The van der Waals surface area contributed by atoms with Crippen LogP contribution in [0.2, 0.25) is 0 Å². The molecule has 2 aromatic rings. The molecule has 1 amide bonds. The van der Waals surface area contributed by atoms with E-state index in [1.165, 1.54) is 19.3 Å². The van der Waals surface area contributed by atoms with Gasteiger partial charge in [0.25, 0.3) is 5.91 Å². The van der Waals surface area contributed by atoms with Gasteiger partial charge in [-0.2, -0.15) is 5.10 Å². The van der Waals surface area contributed by atoms with Gasteiger partial charge in [-0.3, -0.25) is 9.89 Å². The summed E-state index contributed by atoms with van der Waals surface area (Å²) in [5.74, 6) is 4.01. The van der Waals surface area contributed by atoms with Crippen LogP contribution in [-0.2, 0) is 0 Å². The number of aromatic amines is 1. The van der Waals surface area contributed by atoms with Crippen molar-refractivity contribution in [3.8, 4) is 5.75 Å². The lowest BCUT2D eigenvalue weighted by Crippen LogP contribution is -2.30. The minimum Gasteiger partial charge on any atom is -0.497 e. The first kappa shape index (κ1) is 13.4. The third-order valence-corrected chi connectivity index (χ3v) is 6.40. The van der Waals surface area contributed by atoms with Crippen LogP contribution in [0.15, 0.2) is 18.2 Å². The van der Waals surface area contributed by atoms with Crippen LogP contribution in [0, 0.1) is 23.7 Å². The number of methoxy groups -OCH3 is 1. The molecule has 0 radical (unpaired) electrons. The summed E-state index contributed by atoms with van der Waals surface area (Å²) in [5.41, 5.74) is 1.42. The van der Waals surface area contributed by atoms with E-state index in [2.05, 4.69) is 10.2 Å². The summed E-state index contributed by atoms with van der Waals surface area (Å²) in [6.45, 7) is 1.84. The van der Waals surface area contributed by atoms with Crippen LogP contribution in [0.3, 0.4) is 0 Å². The molecule has 1 aromatic heterocycles. The second-order valence-corrected chi connectivity index (χ2v) is 7.35. The highest BCUT2D eigenvalue weighted by Crippen LogP contribution is 2.55. The molecular weight excluding hydrogens is 290 g/mol. The molecule has 4 atom stereocenters. The maximum absolute atomic E-state index is 13.0. The summed E-state index contributed by atoms with van der Waals surface area (Å²) in [5, 5.41) is 8.12. The number of benzene rings is 1. The van der Waals surface area contributed by atoms with Crippen LogP contribution in [0.1, 0.15) is 29.8 Å². The van der Waals surface area contributed by atoms with Crippen LogP contribution in [-0.4, -0.2) is 41.2 Å². The molecule has 1 aliphatic heterocycles. The fraction of sp³-hybridized carbons (Fsp3) is 0.556. The molecule has 1 N–H and O–H groups in total. The number of nitrogens with one attached hydrogen (secondary N) is 1. The van der Waals surface area contributed by atoms with E-state index in [-0.39, 0.29) is 5.91 Å². The Morgan fingerprint density at radius 2 is 2.00 bits per heavy atom. The Balaban J connectivity index is 1.45. The van der Waals surface area contributed by atoms with E-state index in [0.717, 1.165) is 53.4 Å². The average Bonchev–Trinajstić information content (AvgIpc) is 3.32. The van der Waals surface area contributed by atoms with Crippen LogP contribution < -0.4 is 4.74 Å². The lowest BCUT2D eigenvalue weighted by Gasteiger charge is -2.22. The van der Waals surface area contributed by atoms with E-state index in [9.17, 15) is 4.79 Å². The number of hydrogen-bond donors (Lipinski definition) is 1. The van der Waals surface area contributed by atoms with Gasteiger partial charge in [-0.15, -0.1) is 0 Å². The van der Waals surface area contributed by atoms with Gasteiger partial charge < -0.3 is 9.64 Å². The maximum atomic E-state index is 13.0. The van der Waals surface area contributed by atoms with Gasteiger partial charge in [-0.1, -0.05) is 0 Å². The largest absolute Gasteiger partial charge is 0.497 e. The molecule has 3 aliphatic rings. The Bertz CT molecular complexity index is 766. The van der Waals surface area contributed by atoms with Gasteiger partial charge in [0.1, 0.15) is 5.75 Å². The summed E-state index contributed by atoms with van der Waals surface area (Å²) in [4.78, 5) is 15.0. The number of fused-ring (bicyclic) bond motifs is 6. The zero-order valence-electron chi connectivity index (χ0n) is 13.3. The number of carbonyl (C=O) groups excluding carboxylic acids is 1. The van der Waals surface area contributed by atoms with Gasteiger partial charge in [-0.25, -0.2) is 0 Å². The Labute approximate surface area is 135 Å². The lowest BCUT2D eigenvalue weighted by molar-refractivity contribution is 0.0772. The van der Waals surface area contributed by atoms with Crippen molar-refractivity contribution in [1.29, 1.82) is 0 Å². The zero-order valence-corrected chi connectivity index (χ0v) is 13.3. The second-order valence-electron chi connectivity index (χ2n) is 7.35.